The summed E-state index contributed by atoms with van der Waals surface area (Å²) in [4.78, 5) is 12.4. The first-order chi connectivity index (χ1) is 24.3. The number of quaternary nitrogens is 1. The molecule has 50 heavy (non-hydrogen) atoms. The van der Waals surface area contributed by atoms with Gasteiger partial charge in [0.2, 0.25) is 0 Å². The number of likely N-dealkylation sites (N-methyl/N-ethyl adjacent to an activating group) is 1. The summed E-state index contributed by atoms with van der Waals surface area (Å²) in [6.45, 7) is 7.02. The van der Waals surface area contributed by atoms with Crippen LogP contribution in [-0.4, -0.2) is 82.5 Å². The Hall–Kier alpha value is -0.0500. The van der Waals surface area contributed by atoms with Crippen LogP contribution in [-0.2, 0) is 23.1 Å². The Morgan fingerprint density at radius 3 is 1.30 bits per heavy atom. The van der Waals surface area contributed by atoms with E-state index in [4.69, 9.17) is 18.5 Å². The Labute approximate surface area is 311 Å². The fourth-order valence-electron chi connectivity index (χ4n) is 6.30. The lowest BCUT2D eigenvalue weighted by molar-refractivity contribution is -0.890. The van der Waals surface area contributed by atoms with Crippen molar-refractivity contribution in [2.75, 3.05) is 66.8 Å². The van der Waals surface area contributed by atoms with Crippen molar-refractivity contribution < 1.29 is 37.6 Å². The van der Waals surface area contributed by atoms with E-state index >= 15 is 0 Å². The van der Waals surface area contributed by atoms with Crippen LogP contribution < -0.4 is 4.89 Å². The van der Waals surface area contributed by atoms with Gasteiger partial charge in [-0.3, -0.25) is 4.57 Å². The quantitative estimate of drug-likeness (QED) is 0.0379. The summed E-state index contributed by atoms with van der Waals surface area (Å²) in [6, 6.07) is 0. The molecule has 0 aromatic rings. The van der Waals surface area contributed by atoms with Crippen LogP contribution in [0.1, 0.15) is 194 Å². The molecule has 1 N–H and O–H groups in total. The molecule has 0 amide bonds. The Morgan fingerprint density at radius 1 is 0.520 bits per heavy atom. The van der Waals surface area contributed by atoms with Crippen molar-refractivity contribution in [2.24, 2.45) is 0 Å². The van der Waals surface area contributed by atoms with Gasteiger partial charge < -0.3 is 33.0 Å². The summed E-state index contributed by atoms with van der Waals surface area (Å²) in [5.41, 5.74) is 0. The highest BCUT2D eigenvalue weighted by Gasteiger charge is 2.19. The van der Waals surface area contributed by atoms with Gasteiger partial charge >= 0.3 is 0 Å². The van der Waals surface area contributed by atoms with Gasteiger partial charge in [-0.2, -0.15) is 0 Å². The highest BCUT2D eigenvalue weighted by Crippen LogP contribution is 2.38. The van der Waals surface area contributed by atoms with Crippen LogP contribution in [0.3, 0.4) is 0 Å². The molecule has 0 spiro atoms. The van der Waals surface area contributed by atoms with Gasteiger partial charge in [0.15, 0.2) is 0 Å². The van der Waals surface area contributed by atoms with E-state index in [-0.39, 0.29) is 19.8 Å². The fourth-order valence-corrected chi connectivity index (χ4v) is 7.03. The zero-order valence-corrected chi connectivity index (χ0v) is 34.7. The molecule has 0 aliphatic rings. The third kappa shape index (κ3) is 37.7. The monoisotopic (exact) mass is 736 g/mol. The normalized spacial score (nSPS) is 14.0. The largest absolute Gasteiger partial charge is 0.756 e. The van der Waals surface area contributed by atoms with E-state index < -0.39 is 13.9 Å². The fraction of sp³-hybridized carbons (Fsp3) is 1.00. The SMILES string of the molecule is CCCCCCCCCCCCCCCCOC[C@H](COP(=O)([O-])OCC[N+](C)(C)CCO)OCCCCCCCCCCCCCCCC. The van der Waals surface area contributed by atoms with E-state index in [2.05, 4.69) is 13.8 Å². The first-order valence-electron chi connectivity index (χ1n) is 21.5. The maximum atomic E-state index is 12.4. The minimum atomic E-state index is -4.46. The van der Waals surface area contributed by atoms with Crippen LogP contribution in [0.2, 0.25) is 0 Å². The number of phosphoric acid groups is 1. The lowest BCUT2D eigenvalue weighted by Crippen LogP contribution is -2.44. The van der Waals surface area contributed by atoms with E-state index in [1.54, 1.807) is 0 Å². The van der Waals surface area contributed by atoms with Gasteiger partial charge in [-0.05, 0) is 12.8 Å². The third-order valence-corrected chi connectivity index (χ3v) is 10.8. The number of aliphatic hydroxyl groups excluding tert-OH is 1. The van der Waals surface area contributed by atoms with Gasteiger partial charge in [0.1, 0.15) is 25.8 Å². The van der Waals surface area contributed by atoms with Gasteiger partial charge in [0.05, 0.1) is 33.9 Å². The molecule has 0 aromatic heterocycles. The van der Waals surface area contributed by atoms with Crippen molar-refractivity contribution in [3.05, 3.63) is 0 Å². The molecule has 0 radical (unpaired) electrons. The molecule has 8 nitrogen and oxygen atoms in total. The summed E-state index contributed by atoms with van der Waals surface area (Å²) in [6.07, 6.45) is 36.3. The summed E-state index contributed by atoms with van der Waals surface area (Å²) >= 11 is 0. The molecule has 0 fully saturated rings. The van der Waals surface area contributed by atoms with Crippen LogP contribution in [0.15, 0.2) is 0 Å². The van der Waals surface area contributed by atoms with Crippen LogP contribution in [0.5, 0.6) is 0 Å². The number of hydrogen-bond donors (Lipinski definition) is 1. The predicted octanol–water partition coefficient (Wildman–Crippen LogP) is 10.9. The molecule has 0 rings (SSSR count). The maximum absolute atomic E-state index is 12.4. The third-order valence-electron chi connectivity index (χ3n) is 9.87. The molecule has 1 unspecified atom stereocenters. The lowest BCUT2D eigenvalue weighted by Gasteiger charge is -2.31. The van der Waals surface area contributed by atoms with Crippen LogP contribution in [0.25, 0.3) is 0 Å². The molecular formula is C41H86NO7P. The number of ether oxygens (including phenoxy) is 2. The highest BCUT2D eigenvalue weighted by atomic mass is 31.2. The topological polar surface area (TPSA) is 97.3 Å². The van der Waals surface area contributed by atoms with Crippen molar-refractivity contribution in [2.45, 2.75) is 200 Å². The number of nitrogens with zero attached hydrogens (tertiary/aromatic N) is 1. The van der Waals surface area contributed by atoms with E-state index in [9.17, 15) is 14.6 Å². The molecule has 0 saturated heterocycles. The zero-order chi connectivity index (χ0) is 36.9. The second-order valence-electron chi connectivity index (χ2n) is 15.4. The first-order valence-corrected chi connectivity index (χ1v) is 22.9. The molecule has 9 heteroatoms. The number of hydrogen-bond acceptors (Lipinski definition) is 7. The van der Waals surface area contributed by atoms with Crippen LogP contribution >= 0.6 is 7.82 Å². The zero-order valence-electron chi connectivity index (χ0n) is 33.8. The molecule has 0 aromatic carbocycles. The van der Waals surface area contributed by atoms with E-state index in [0.29, 0.717) is 37.4 Å². The second-order valence-corrected chi connectivity index (χ2v) is 16.9. The van der Waals surface area contributed by atoms with Crippen molar-refractivity contribution in [3.63, 3.8) is 0 Å². The standard InChI is InChI=1S/C41H86NO7P/c1-5-7-9-11-13-15-17-19-21-23-25-27-29-31-36-46-39-41(40-49-50(44,45)48-38-34-42(3,4)33-35-43)47-37-32-30-28-26-24-22-20-18-16-14-12-10-8-6-2/h41,43H,5-40H2,1-4H3/t41-/m1/s1. The van der Waals surface area contributed by atoms with Gasteiger partial charge in [0, 0.05) is 13.2 Å². The molecule has 302 valence electrons. The van der Waals surface area contributed by atoms with E-state index in [1.165, 1.54) is 154 Å². The van der Waals surface area contributed by atoms with Gasteiger partial charge in [0.25, 0.3) is 7.82 Å². The summed E-state index contributed by atoms with van der Waals surface area (Å²) < 4.78 is 35.3. The van der Waals surface area contributed by atoms with Gasteiger partial charge in [-0.1, -0.05) is 181 Å². The number of aliphatic hydroxyl groups is 1. The minimum absolute atomic E-state index is 0.00791. The Kier molecular flexibility index (Phi) is 37.2. The number of rotatable bonds is 42. The Morgan fingerprint density at radius 2 is 0.900 bits per heavy atom. The van der Waals surface area contributed by atoms with Crippen molar-refractivity contribution in [1.29, 1.82) is 0 Å². The van der Waals surface area contributed by atoms with Crippen LogP contribution in [0.4, 0.5) is 0 Å². The number of unbranched alkanes of at least 4 members (excludes halogenated alkanes) is 26. The van der Waals surface area contributed by atoms with Crippen molar-refractivity contribution >= 4 is 7.82 Å². The summed E-state index contributed by atoms with van der Waals surface area (Å²) in [7, 11) is -0.614. The van der Waals surface area contributed by atoms with Gasteiger partial charge in [-0.25, -0.2) is 0 Å². The van der Waals surface area contributed by atoms with E-state index in [1.807, 2.05) is 14.1 Å². The van der Waals surface area contributed by atoms with Gasteiger partial charge in [-0.15, -0.1) is 0 Å². The van der Waals surface area contributed by atoms with Crippen molar-refractivity contribution in [3.8, 4) is 0 Å². The molecule has 0 heterocycles. The number of phosphoric ester groups is 1. The second kappa shape index (κ2) is 37.3. The maximum Gasteiger partial charge on any atom is 0.268 e. The molecule has 0 bridgehead atoms. The lowest BCUT2D eigenvalue weighted by atomic mass is 10.0. The Bertz CT molecular complexity index is 727. The molecule has 0 saturated carbocycles. The van der Waals surface area contributed by atoms with Crippen molar-refractivity contribution in [1.82, 2.24) is 0 Å². The molecule has 0 aliphatic carbocycles. The molecular weight excluding hydrogens is 649 g/mol. The minimum Gasteiger partial charge on any atom is -0.756 e. The highest BCUT2D eigenvalue weighted by molar-refractivity contribution is 7.45. The average Bonchev–Trinajstić information content (AvgIpc) is 3.08. The first kappa shape index (κ1) is 49.9. The smallest absolute Gasteiger partial charge is 0.268 e. The average molecular weight is 736 g/mol. The summed E-state index contributed by atoms with van der Waals surface area (Å²) in [5.74, 6) is 0. The van der Waals surface area contributed by atoms with E-state index in [0.717, 1.165) is 25.7 Å². The molecule has 0 aliphatic heterocycles. The molecule has 2 atom stereocenters. The summed E-state index contributed by atoms with van der Waals surface area (Å²) in [5, 5.41) is 9.20. The predicted molar refractivity (Wildman–Crippen MR) is 210 cm³/mol. The Balaban J connectivity index is 4.19. The van der Waals surface area contributed by atoms with Crippen LogP contribution in [0, 0.1) is 0 Å².